The number of amides is 1. The molecule has 1 atom stereocenters. The van der Waals surface area contributed by atoms with E-state index in [1.807, 2.05) is 6.07 Å². The lowest BCUT2D eigenvalue weighted by atomic mass is 10.1. The number of ether oxygens (including phenoxy) is 1. The Morgan fingerprint density at radius 2 is 2.14 bits per heavy atom. The molecular weight excluding hydrogens is 348 g/mol. The van der Waals surface area contributed by atoms with Gasteiger partial charge >= 0.3 is 0 Å². The highest BCUT2D eigenvalue weighted by Gasteiger charge is 2.16. The topological polar surface area (TPSA) is 38.3 Å². The molecule has 0 bridgehead atoms. The van der Waals surface area contributed by atoms with E-state index in [0.717, 1.165) is 4.88 Å². The summed E-state index contributed by atoms with van der Waals surface area (Å²) in [5, 5.41) is 2.96. The maximum Gasteiger partial charge on any atom is 0.224 e. The number of methoxy groups -OCH3 is 1. The van der Waals surface area contributed by atoms with Crippen LogP contribution < -0.4 is 5.32 Å². The predicted molar refractivity (Wildman–Crippen MR) is 87.2 cm³/mol. The molecule has 0 unspecified atom stereocenters. The summed E-state index contributed by atoms with van der Waals surface area (Å²) in [6.07, 6.45) is -0.412. The van der Waals surface area contributed by atoms with Gasteiger partial charge in [0.25, 0.3) is 0 Å². The van der Waals surface area contributed by atoms with Gasteiger partial charge in [0.2, 0.25) is 5.91 Å². The summed E-state index contributed by atoms with van der Waals surface area (Å²) in [5.74, 6) is -0.812. The SMILES string of the molecule is CO[C@@H](CNC(=O)Cc1c(F)cccc1Cl)c1ccc(Cl)s1. The number of rotatable bonds is 6. The molecule has 22 heavy (non-hydrogen) atoms. The number of thiophene rings is 1. The lowest BCUT2D eigenvalue weighted by molar-refractivity contribution is -0.121. The van der Waals surface area contributed by atoms with Gasteiger partial charge in [-0.25, -0.2) is 4.39 Å². The minimum atomic E-state index is -0.490. The normalized spacial score (nSPS) is 12.2. The third-order valence-electron chi connectivity index (χ3n) is 3.08. The van der Waals surface area contributed by atoms with E-state index in [1.165, 1.54) is 23.5 Å². The second-order valence-corrected chi connectivity index (χ2v) is 6.70. The van der Waals surface area contributed by atoms with Crippen molar-refractivity contribution >= 4 is 40.4 Å². The Bertz CT molecular complexity index is 642. The maximum absolute atomic E-state index is 13.6. The second-order valence-electron chi connectivity index (χ2n) is 4.55. The second kappa shape index (κ2) is 7.92. The molecule has 2 aromatic rings. The fraction of sp³-hybridized carbons (Fsp3) is 0.267. The molecule has 0 aliphatic carbocycles. The third-order valence-corrected chi connectivity index (χ3v) is 4.76. The van der Waals surface area contributed by atoms with E-state index in [1.54, 1.807) is 19.2 Å². The highest BCUT2D eigenvalue weighted by Crippen LogP contribution is 2.28. The van der Waals surface area contributed by atoms with Crippen LogP contribution in [-0.2, 0) is 16.0 Å². The average molecular weight is 362 g/mol. The van der Waals surface area contributed by atoms with Crippen molar-refractivity contribution in [1.29, 1.82) is 0 Å². The lowest BCUT2D eigenvalue weighted by Crippen LogP contribution is -2.30. The molecule has 1 amide bonds. The van der Waals surface area contributed by atoms with Crippen LogP contribution in [0.3, 0.4) is 0 Å². The number of carbonyl (C=O) groups is 1. The van der Waals surface area contributed by atoms with Gasteiger partial charge in [0.15, 0.2) is 0 Å². The molecule has 0 radical (unpaired) electrons. The number of benzene rings is 1. The smallest absolute Gasteiger partial charge is 0.224 e. The van der Waals surface area contributed by atoms with E-state index in [2.05, 4.69) is 5.32 Å². The third kappa shape index (κ3) is 4.43. The van der Waals surface area contributed by atoms with Crippen molar-refractivity contribution in [2.75, 3.05) is 13.7 Å². The number of hydrogen-bond donors (Lipinski definition) is 1. The molecule has 0 saturated carbocycles. The summed E-state index contributed by atoms with van der Waals surface area (Å²) in [4.78, 5) is 12.9. The molecule has 1 aromatic heterocycles. The summed E-state index contributed by atoms with van der Waals surface area (Å²) >= 11 is 13.2. The first-order valence-corrected chi connectivity index (χ1v) is 8.06. The van der Waals surface area contributed by atoms with Crippen molar-refractivity contribution < 1.29 is 13.9 Å². The number of hydrogen-bond acceptors (Lipinski definition) is 3. The largest absolute Gasteiger partial charge is 0.374 e. The van der Waals surface area contributed by atoms with Gasteiger partial charge < -0.3 is 10.1 Å². The quantitative estimate of drug-likeness (QED) is 0.835. The van der Waals surface area contributed by atoms with Gasteiger partial charge in [0, 0.05) is 29.1 Å². The van der Waals surface area contributed by atoms with Gasteiger partial charge in [0.1, 0.15) is 11.9 Å². The van der Waals surface area contributed by atoms with Crippen LogP contribution in [0.15, 0.2) is 30.3 Å². The van der Waals surface area contributed by atoms with Crippen LogP contribution in [0.2, 0.25) is 9.36 Å². The van der Waals surface area contributed by atoms with Gasteiger partial charge in [-0.05, 0) is 24.3 Å². The van der Waals surface area contributed by atoms with Crippen molar-refractivity contribution in [3.05, 3.63) is 55.9 Å². The van der Waals surface area contributed by atoms with E-state index in [4.69, 9.17) is 27.9 Å². The Hall–Kier alpha value is -1.14. The first-order valence-electron chi connectivity index (χ1n) is 6.49. The molecule has 1 aromatic carbocycles. The zero-order chi connectivity index (χ0) is 16.1. The molecule has 1 heterocycles. The van der Waals surface area contributed by atoms with Crippen molar-refractivity contribution in [3.63, 3.8) is 0 Å². The van der Waals surface area contributed by atoms with Crippen LogP contribution >= 0.6 is 34.5 Å². The van der Waals surface area contributed by atoms with Gasteiger partial charge in [-0.1, -0.05) is 29.3 Å². The van der Waals surface area contributed by atoms with Crippen LogP contribution in [-0.4, -0.2) is 19.6 Å². The molecule has 118 valence electrons. The van der Waals surface area contributed by atoms with E-state index in [-0.39, 0.29) is 35.6 Å². The summed E-state index contributed by atoms with van der Waals surface area (Å²) in [7, 11) is 1.55. The predicted octanol–water partition coefficient (Wildman–Crippen LogP) is 4.24. The summed E-state index contributed by atoms with van der Waals surface area (Å²) in [6, 6.07) is 7.95. The Morgan fingerprint density at radius 1 is 1.36 bits per heavy atom. The molecule has 3 nitrogen and oxygen atoms in total. The monoisotopic (exact) mass is 361 g/mol. The van der Waals surface area contributed by atoms with Gasteiger partial charge in [-0.15, -0.1) is 11.3 Å². The number of carbonyl (C=O) groups excluding carboxylic acids is 1. The first-order chi connectivity index (χ1) is 10.5. The zero-order valence-corrected chi connectivity index (χ0v) is 14.1. The standard InChI is InChI=1S/C15H14Cl2FNO2S/c1-21-12(13-5-6-14(17)22-13)8-19-15(20)7-9-10(16)3-2-4-11(9)18/h2-6,12H,7-8H2,1H3,(H,19,20)/t12-/m0/s1. The van der Waals surface area contributed by atoms with Crippen LogP contribution in [0, 0.1) is 5.82 Å². The minimum absolute atomic E-state index is 0.118. The molecule has 7 heteroatoms. The molecule has 2 rings (SSSR count). The Kier molecular flexibility index (Phi) is 6.20. The fourth-order valence-corrected chi connectivity index (χ4v) is 3.30. The van der Waals surface area contributed by atoms with Crippen LogP contribution in [0.1, 0.15) is 16.5 Å². The van der Waals surface area contributed by atoms with Crippen molar-refractivity contribution in [1.82, 2.24) is 5.32 Å². The van der Waals surface area contributed by atoms with Gasteiger partial charge in [-0.3, -0.25) is 4.79 Å². The molecule has 0 aliphatic heterocycles. The van der Waals surface area contributed by atoms with Gasteiger partial charge in [-0.2, -0.15) is 0 Å². The molecule has 0 saturated heterocycles. The number of halogens is 3. The Balaban J connectivity index is 1.94. The first kappa shape index (κ1) is 17.2. The van der Waals surface area contributed by atoms with E-state index >= 15 is 0 Å². The molecule has 0 fully saturated rings. The van der Waals surface area contributed by atoms with E-state index < -0.39 is 5.82 Å². The Labute approximate surface area is 142 Å². The Morgan fingerprint density at radius 3 is 2.73 bits per heavy atom. The van der Waals surface area contributed by atoms with Crippen molar-refractivity contribution in [3.8, 4) is 0 Å². The summed E-state index contributed by atoms with van der Waals surface area (Å²) in [6.45, 7) is 0.276. The highest BCUT2D eigenvalue weighted by atomic mass is 35.5. The van der Waals surface area contributed by atoms with Crippen LogP contribution in [0.5, 0.6) is 0 Å². The molecular formula is C15H14Cl2FNO2S. The molecule has 0 aliphatic rings. The zero-order valence-electron chi connectivity index (χ0n) is 11.7. The maximum atomic E-state index is 13.6. The summed E-state index contributed by atoms with van der Waals surface area (Å²) in [5.41, 5.74) is 0.190. The van der Waals surface area contributed by atoms with Crippen LogP contribution in [0.4, 0.5) is 4.39 Å². The number of nitrogens with one attached hydrogen (secondary N) is 1. The fourth-order valence-electron chi connectivity index (χ4n) is 1.93. The molecule has 0 spiro atoms. The van der Waals surface area contributed by atoms with Crippen molar-refractivity contribution in [2.24, 2.45) is 0 Å². The highest BCUT2D eigenvalue weighted by molar-refractivity contribution is 7.16. The van der Waals surface area contributed by atoms with Gasteiger partial charge in [0.05, 0.1) is 10.8 Å². The van der Waals surface area contributed by atoms with E-state index in [0.29, 0.717) is 4.34 Å². The van der Waals surface area contributed by atoms with Crippen molar-refractivity contribution in [2.45, 2.75) is 12.5 Å². The minimum Gasteiger partial charge on any atom is -0.374 e. The van der Waals surface area contributed by atoms with Crippen LogP contribution in [0.25, 0.3) is 0 Å². The lowest BCUT2D eigenvalue weighted by Gasteiger charge is -2.15. The van der Waals surface area contributed by atoms with E-state index in [9.17, 15) is 9.18 Å². The molecule has 1 N–H and O–H groups in total. The summed E-state index contributed by atoms with van der Waals surface area (Å²) < 4.78 is 19.6. The average Bonchev–Trinajstić information content (AvgIpc) is 2.90.